The number of hydrogen-bond acceptors (Lipinski definition) is 1. The van der Waals surface area contributed by atoms with Gasteiger partial charge in [0.25, 0.3) is 0 Å². The first-order chi connectivity index (χ1) is 6.18. The summed E-state index contributed by atoms with van der Waals surface area (Å²) in [6.07, 6.45) is 1.65. The molecule has 66 valence electrons. The molecular formula is C9H5Br2NO. The number of rotatable bonds is 0. The van der Waals surface area contributed by atoms with Gasteiger partial charge in [-0.15, -0.1) is 0 Å². The fourth-order valence-electron chi connectivity index (χ4n) is 1.17. The predicted octanol–water partition coefficient (Wildman–Crippen LogP) is 3.05. The Labute approximate surface area is 91.2 Å². The molecule has 2 nitrogen and oxygen atoms in total. The number of aromatic amines is 1. The number of H-pyrrole nitrogens is 1. The van der Waals surface area contributed by atoms with E-state index in [1.54, 1.807) is 12.3 Å². The minimum Gasteiger partial charge on any atom is -0.360 e. The van der Waals surface area contributed by atoms with Gasteiger partial charge in [-0.1, -0.05) is 15.9 Å². The van der Waals surface area contributed by atoms with E-state index < -0.39 is 0 Å². The molecule has 0 spiro atoms. The van der Waals surface area contributed by atoms with Crippen LogP contribution in [0.4, 0.5) is 0 Å². The van der Waals surface area contributed by atoms with Crippen LogP contribution in [0.5, 0.6) is 0 Å². The van der Waals surface area contributed by atoms with Crippen LogP contribution in [-0.2, 0) is 0 Å². The Balaban J connectivity index is 2.95. The molecule has 2 rings (SSSR count). The molecule has 0 aliphatic rings. The largest absolute Gasteiger partial charge is 0.360 e. The van der Waals surface area contributed by atoms with Crippen LogP contribution >= 0.6 is 31.9 Å². The third-order valence-electron chi connectivity index (χ3n) is 1.80. The molecule has 0 radical (unpaired) electrons. The SMILES string of the molecule is O=c1c(Br)c[nH]c2cc(Br)ccc12. The molecule has 0 fully saturated rings. The summed E-state index contributed by atoms with van der Waals surface area (Å²) in [6.45, 7) is 0. The summed E-state index contributed by atoms with van der Waals surface area (Å²) in [5.41, 5.74) is 0.851. The average molecular weight is 303 g/mol. The molecule has 0 unspecified atom stereocenters. The van der Waals surface area contributed by atoms with Crippen LogP contribution in [0.25, 0.3) is 10.9 Å². The Kier molecular flexibility index (Phi) is 2.26. The highest BCUT2D eigenvalue weighted by atomic mass is 79.9. The van der Waals surface area contributed by atoms with E-state index in [1.165, 1.54) is 0 Å². The summed E-state index contributed by atoms with van der Waals surface area (Å²) in [4.78, 5) is 14.6. The first-order valence-corrected chi connectivity index (χ1v) is 5.23. The van der Waals surface area contributed by atoms with Gasteiger partial charge in [0, 0.05) is 16.1 Å². The van der Waals surface area contributed by atoms with Crippen LogP contribution in [0.1, 0.15) is 0 Å². The highest BCUT2D eigenvalue weighted by Gasteiger charge is 2.01. The highest BCUT2D eigenvalue weighted by molar-refractivity contribution is 9.10. The van der Waals surface area contributed by atoms with E-state index in [0.717, 1.165) is 9.99 Å². The smallest absolute Gasteiger partial charge is 0.203 e. The molecule has 0 saturated heterocycles. The molecule has 13 heavy (non-hydrogen) atoms. The molecule has 4 heteroatoms. The Hall–Kier alpha value is -0.610. The molecule has 1 aromatic heterocycles. The maximum atomic E-state index is 11.6. The summed E-state index contributed by atoms with van der Waals surface area (Å²) in [6, 6.07) is 5.52. The zero-order valence-corrected chi connectivity index (χ0v) is 9.65. The third kappa shape index (κ3) is 1.56. The van der Waals surface area contributed by atoms with Gasteiger partial charge in [-0.3, -0.25) is 4.79 Å². The number of hydrogen-bond donors (Lipinski definition) is 1. The van der Waals surface area contributed by atoms with Crippen molar-refractivity contribution >= 4 is 42.8 Å². The van der Waals surface area contributed by atoms with Crippen molar-refractivity contribution in [3.63, 3.8) is 0 Å². The van der Waals surface area contributed by atoms with E-state index in [0.29, 0.717) is 9.86 Å². The molecule has 0 bridgehead atoms. The van der Waals surface area contributed by atoms with E-state index in [-0.39, 0.29) is 5.43 Å². The van der Waals surface area contributed by atoms with Gasteiger partial charge >= 0.3 is 0 Å². The van der Waals surface area contributed by atoms with Gasteiger partial charge in [0.2, 0.25) is 5.43 Å². The van der Waals surface area contributed by atoms with Crippen molar-refractivity contribution in [1.29, 1.82) is 0 Å². The second kappa shape index (κ2) is 3.27. The zero-order chi connectivity index (χ0) is 9.42. The molecule has 2 aromatic rings. The maximum Gasteiger partial charge on any atom is 0.203 e. The lowest BCUT2D eigenvalue weighted by Gasteiger charge is -1.98. The minimum atomic E-state index is 0.0150. The lowest BCUT2D eigenvalue weighted by Crippen LogP contribution is -2.02. The molecule has 0 saturated carbocycles. The first kappa shape index (κ1) is 8.97. The molecule has 0 atom stereocenters. The molecular weight excluding hydrogens is 298 g/mol. The van der Waals surface area contributed by atoms with Crippen LogP contribution in [0, 0.1) is 0 Å². The summed E-state index contributed by atoms with van der Waals surface area (Å²) in [5, 5.41) is 0.692. The molecule has 0 aliphatic heterocycles. The molecule has 1 heterocycles. The fraction of sp³-hybridized carbons (Fsp3) is 0. The molecule has 0 amide bonds. The summed E-state index contributed by atoms with van der Waals surface area (Å²) >= 11 is 6.52. The van der Waals surface area contributed by atoms with Crippen LogP contribution in [0.3, 0.4) is 0 Å². The van der Waals surface area contributed by atoms with Gasteiger partial charge in [0.05, 0.1) is 9.99 Å². The van der Waals surface area contributed by atoms with Crippen LogP contribution < -0.4 is 5.43 Å². The number of fused-ring (bicyclic) bond motifs is 1. The predicted molar refractivity (Wildman–Crippen MR) is 60.0 cm³/mol. The van der Waals surface area contributed by atoms with Crippen molar-refractivity contribution in [3.05, 3.63) is 43.6 Å². The highest BCUT2D eigenvalue weighted by Crippen LogP contribution is 2.16. The zero-order valence-electron chi connectivity index (χ0n) is 6.47. The van der Waals surface area contributed by atoms with Gasteiger partial charge in [0.15, 0.2) is 0 Å². The maximum absolute atomic E-state index is 11.6. The number of pyridine rings is 1. The van der Waals surface area contributed by atoms with Crippen molar-refractivity contribution < 1.29 is 0 Å². The topological polar surface area (TPSA) is 32.9 Å². The quantitative estimate of drug-likeness (QED) is 0.797. The normalized spacial score (nSPS) is 10.6. The van der Waals surface area contributed by atoms with Crippen molar-refractivity contribution in [2.24, 2.45) is 0 Å². The van der Waals surface area contributed by atoms with Crippen molar-refractivity contribution in [3.8, 4) is 0 Å². The summed E-state index contributed by atoms with van der Waals surface area (Å²) in [5.74, 6) is 0. The van der Waals surface area contributed by atoms with Crippen LogP contribution in [-0.4, -0.2) is 4.98 Å². The summed E-state index contributed by atoms with van der Waals surface area (Å²) < 4.78 is 1.51. The third-order valence-corrected chi connectivity index (χ3v) is 2.88. The lowest BCUT2D eigenvalue weighted by atomic mass is 10.2. The van der Waals surface area contributed by atoms with Gasteiger partial charge in [-0.05, 0) is 34.1 Å². The summed E-state index contributed by atoms with van der Waals surface area (Å²) in [7, 11) is 0. The van der Waals surface area contributed by atoms with Crippen LogP contribution in [0.15, 0.2) is 38.1 Å². The van der Waals surface area contributed by atoms with E-state index in [1.807, 2.05) is 12.1 Å². The Morgan fingerprint density at radius 1 is 1.23 bits per heavy atom. The van der Waals surface area contributed by atoms with Crippen molar-refractivity contribution in [1.82, 2.24) is 4.98 Å². The van der Waals surface area contributed by atoms with E-state index in [9.17, 15) is 4.79 Å². The van der Waals surface area contributed by atoms with Gasteiger partial charge in [-0.2, -0.15) is 0 Å². The first-order valence-electron chi connectivity index (χ1n) is 3.65. The van der Waals surface area contributed by atoms with Crippen LogP contribution in [0.2, 0.25) is 0 Å². The molecule has 1 N–H and O–H groups in total. The fourth-order valence-corrected chi connectivity index (χ4v) is 1.86. The van der Waals surface area contributed by atoms with Crippen molar-refractivity contribution in [2.45, 2.75) is 0 Å². The van der Waals surface area contributed by atoms with Gasteiger partial charge in [0.1, 0.15) is 0 Å². The standard InChI is InChI=1S/C9H5Br2NO/c10-5-1-2-6-8(3-5)12-4-7(11)9(6)13/h1-4H,(H,12,13). The van der Waals surface area contributed by atoms with E-state index in [4.69, 9.17) is 0 Å². The second-order valence-electron chi connectivity index (χ2n) is 2.66. The number of aromatic nitrogens is 1. The molecule has 0 aliphatic carbocycles. The molecule has 1 aromatic carbocycles. The minimum absolute atomic E-state index is 0.0150. The van der Waals surface area contributed by atoms with Gasteiger partial charge < -0.3 is 4.98 Å². The van der Waals surface area contributed by atoms with E-state index >= 15 is 0 Å². The Morgan fingerprint density at radius 2 is 2.00 bits per heavy atom. The van der Waals surface area contributed by atoms with Crippen molar-refractivity contribution in [2.75, 3.05) is 0 Å². The monoisotopic (exact) mass is 301 g/mol. The van der Waals surface area contributed by atoms with Gasteiger partial charge in [-0.25, -0.2) is 0 Å². The average Bonchev–Trinajstić information content (AvgIpc) is 2.12. The Bertz CT molecular complexity index is 518. The lowest BCUT2D eigenvalue weighted by molar-refractivity contribution is 1.36. The number of halogens is 2. The second-order valence-corrected chi connectivity index (χ2v) is 4.43. The Morgan fingerprint density at radius 3 is 2.77 bits per heavy atom. The number of benzene rings is 1. The van der Waals surface area contributed by atoms with E-state index in [2.05, 4.69) is 36.8 Å². The number of nitrogens with one attached hydrogen (secondary N) is 1.